The molecule has 0 saturated carbocycles. The van der Waals surface area contributed by atoms with Crippen molar-refractivity contribution >= 4 is 78.8 Å². The van der Waals surface area contributed by atoms with Gasteiger partial charge >= 0.3 is 0 Å². The quantitative estimate of drug-likeness (QED) is 0.149. The van der Waals surface area contributed by atoms with Crippen LogP contribution >= 0.6 is 0 Å². The lowest BCUT2D eigenvalue weighted by Crippen LogP contribution is -2.59. The Bertz CT molecular complexity index is 4060. The van der Waals surface area contributed by atoms with E-state index in [4.69, 9.17) is 9.15 Å². The van der Waals surface area contributed by atoms with E-state index in [0.29, 0.717) is 0 Å². The third kappa shape index (κ3) is 8.41. The zero-order valence-electron chi connectivity index (χ0n) is 45.6. The van der Waals surface area contributed by atoms with Crippen molar-refractivity contribution in [2.45, 2.75) is 78.6 Å². The Morgan fingerprint density at radius 1 is 0.390 bits per heavy atom. The first-order valence-corrected chi connectivity index (χ1v) is 27.2. The van der Waals surface area contributed by atoms with E-state index in [0.717, 1.165) is 95.5 Å². The Balaban J connectivity index is 1.05. The summed E-state index contributed by atoms with van der Waals surface area (Å²) in [6.07, 6.45) is 0. The van der Waals surface area contributed by atoms with Gasteiger partial charge in [0.2, 0.25) is 0 Å². The molecular weight excluding hydrogens is 936 g/mol. The number of hydrogen-bond donors (Lipinski definition) is 0. The first-order valence-electron chi connectivity index (χ1n) is 27.2. The zero-order valence-corrected chi connectivity index (χ0v) is 45.6. The number of rotatable bonds is 7. The van der Waals surface area contributed by atoms with Gasteiger partial charge in [0.25, 0.3) is 6.71 Å². The maximum Gasteiger partial charge on any atom is 0.256 e. The van der Waals surface area contributed by atoms with Crippen LogP contribution in [0.4, 0.5) is 34.1 Å². The van der Waals surface area contributed by atoms with Crippen molar-refractivity contribution in [3.05, 3.63) is 235 Å². The van der Waals surface area contributed by atoms with Gasteiger partial charge in [-0.3, -0.25) is 0 Å². The van der Waals surface area contributed by atoms with Crippen molar-refractivity contribution in [2.24, 2.45) is 0 Å². The lowest BCUT2D eigenvalue weighted by atomic mass is 9.34. The van der Waals surface area contributed by atoms with Crippen LogP contribution in [0.2, 0.25) is 0 Å². The van der Waals surface area contributed by atoms with Gasteiger partial charge in [-0.25, -0.2) is 0 Å². The van der Waals surface area contributed by atoms with E-state index in [1.54, 1.807) is 0 Å². The van der Waals surface area contributed by atoms with Crippen LogP contribution in [0, 0.1) is 0 Å². The highest BCUT2D eigenvalue weighted by atomic mass is 16.5. The summed E-state index contributed by atoms with van der Waals surface area (Å²) in [5.41, 5.74) is 18.0. The monoisotopic (exact) mass is 998 g/mol. The molecule has 0 N–H and O–H groups in total. The van der Waals surface area contributed by atoms with Crippen LogP contribution in [-0.2, 0) is 16.2 Å². The smallest absolute Gasteiger partial charge is 0.256 e. The molecule has 13 rings (SSSR count). The Labute approximate surface area is 454 Å². The Kier molecular flexibility index (Phi) is 11.3. The molecule has 77 heavy (non-hydrogen) atoms. The minimum atomic E-state index is -0.181. The number of nitrogens with zero attached hydrogens (tertiary/aromatic N) is 2. The second-order valence-electron chi connectivity index (χ2n) is 24.2. The zero-order chi connectivity index (χ0) is 53.0. The summed E-state index contributed by atoms with van der Waals surface area (Å²) in [6, 6.07) is 80.2. The number of anilines is 6. The van der Waals surface area contributed by atoms with Crippen molar-refractivity contribution in [3.8, 4) is 45.3 Å². The lowest BCUT2D eigenvalue weighted by Gasteiger charge is -2.41. The van der Waals surface area contributed by atoms with Gasteiger partial charge in [0, 0.05) is 62.1 Å². The van der Waals surface area contributed by atoms with Crippen molar-refractivity contribution in [1.82, 2.24) is 0 Å². The van der Waals surface area contributed by atoms with E-state index in [1.807, 2.05) is 0 Å². The number of fused-ring (bicyclic) bond motifs is 6. The predicted molar refractivity (Wildman–Crippen MR) is 327 cm³/mol. The lowest BCUT2D eigenvalue weighted by molar-refractivity contribution is 0.483. The predicted octanol–water partition coefficient (Wildman–Crippen LogP) is 18.4. The van der Waals surface area contributed by atoms with Gasteiger partial charge in [0.05, 0.1) is 0 Å². The molecule has 11 aromatic rings. The minimum absolute atomic E-state index is 0.00241. The molecule has 0 unspecified atom stereocenters. The molecule has 2 aliphatic heterocycles. The summed E-state index contributed by atoms with van der Waals surface area (Å²) in [6.45, 7) is 20.4. The number of benzene rings is 10. The van der Waals surface area contributed by atoms with Crippen LogP contribution in [-0.4, -0.2) is 6.71 Å². The highest BCUT2D eigenvalue weighted by molar-refractivity contribution is 6.99. The van der Waals surface area contributed by atoms with Gasteiger partial charge in [-0.15, -0.1) is 0 Å². The highest BCUT2D eigenvalue weighted by Gasteiger charge is 2.44. The van der Waals surface area contributed by atoms with Crippen molar-refractivity contribution in [3.63, 3.8) is 0 Å². The second kappa shape index (κ2) is 18.1. The average Bonchev–Trinajstić information content (AvgIpc) is 4.07. The molecule has 3 heterocycles. The third-order valence-corrected chi connectivity index (χ3v) is 16.0. The van der Waals surface area contributed by atoms with Gasteiger partial charge < -0.3 is 19.0 Å². The fraction of sp³-hybridized carbons (Fsp3) is 0.167. The van der Waals surface area contributed by atoms with Crippen LogP contribution < -0.4 is 30.9 Å². The SMILES string of the molecule is CC(C)(C)c1ccc(N(c2cccc(-c3cccc4ccccc34)c2)c2ccc3c(c2)Oc2cc(C(C)(C)C)cc4c2B3c2cc3c(-c5ccccc5)oc(-c5ccccc5)c3cc2N4c2ccc(C(C)(C)C)cc2)cc1. The molecule has 0 amide bonds. The molecule has 10 aromatic carbocycles. The summed E-state index contributed by atoms with van der Waals surface area (Å²) < 4.78 is 14.6. The molecule has 0 radical (unpaired) electrons. The molecule has 0 spiro atoms. The van der Waals surface area contributed by atoms with Crippen LogP contribution in [0.25, 0.3) is 55.3 Å². The van der Waals surface area contributed by atoms with Gasteiger partial charge in [-0.05, 0) is 132 Å². The molecule has 5 heteroatoms. The van der Waals surface area contributed by atoms with Gasteiger partial charge in [-0.2, -0.15) is 0 Å². The topological polar surface area (TPSA) is 28.9 Å². The molecule has 0 saturated heterocycles. The molecule has 376 valence electrons. The Morgan fingerprint density at radius 3 is 1.61 bits per heavy atom. The molecule has 0 bridgehead atoms. The molecule has 2 aliphatic rings. The highest BCUT2D eigenvalue weighted by Crippen LogP contribution is 2.49. The maximum absolute atomic E-state index is 7.46. The molecule has 0 atom stereocenters. The van der Waals surface area contributed by atoms with Crippen molar-refractivity contribution in [2.75, 3.05) is 9.80 Å². The molecule has 0 aliphatic carbocycles. The van der Waals surface area contributed by atoms with Gasteiger partial charge in [-0.1, -0.05) is 214 Å². The summed E-state index contributed by atoms with van der Waals surface area (Å²) in [4.78, 5) is 4.88. The maximum atomic E-state index is 7.46. The number of ether oxygens (including phenoxy) is 1. The minimum Gasteiger partial charge on any atom is -0.458 e. The first-order chi connectivity index (χ1) is 37.1. The third-order valence-electron chi connectivity index (χ3n) is 16.0. The largest absolute Gasteiger partial charge is 0.458 e. The van der Waals surface area contributed by atoms with Gasteiger partial charge in [0.15, 0.2) is 0 Å². The van der Waals surface area contributed by atoms with E-state index in [-0.39, 0.29) is 23.0 Å². The van der Waals surface area contributed by atoms with E-state index in [9.17, 15) is 0 Å². The van der Waals surface area contributed by atoms with Crippen LogP contribution in [0.15, 0.2) is 223 Å². The fourth-order valence-corrected chi connectivity index (χ4v) is 11.8. The first kappa shape index (κ1) is 48.1. The van der Waals surface area contributed by atoms with Gasteiger partial charge in [0.1, 0.15) is 23.0 Å². The summed E-state index contributed by atoms with van der Waals surface area (Å²) in [7, 11) is 0. The molecule has 4 nitrogen and oxygen atoms in total. The average molecular weight is 999 g/mol. The fourth-order valence-electron chi connectivity index (χ4n) is 11.8. The van der Waals surface area contributed by atoms with E-state index in [1.165, 1.54) is 38.5 Å². The summed E-state index contributed by atoms with van der Waals surface area (Å²) in [5, 5.41) is 4.61. The van der Waals surface area contributed by atoms with Crippen LogP contribution in [0.3, 0.4) is 0 Å². The molecular formula is C72H63BN2O2. The van der Waals surface area contributed by atoms with Crippen LogP contribution in [0.1, 0.15) is 79.0 Å². The summed E-state index contributed by atoms with van der Waals surface area (Å²) in [5.74, 6) is 3.44. The van der Waals surface area contributed by atoms with Crippen LogP contribution in [0.5, 0.6) is 11.5 Å². The second-order valence-corrected chi connectivity index (χ2v) is 24.2. The molecule has 1 aromatic heterocycles. The number of hydrogen-bond acceptors (Lipinski definition) is 4. The van der Waals surface area contributed by atoms with E-state index >= 15 is 0 Å². The standard InChI is InChI=1S/C72H63BN2O2/c1-70(2,3)50-30-34-53(35-31-50)74(55-27-18-26-49(40-55)58-29-19-25-46-20-16-17-28-57(46)58)56-38-39-61-65(43-56)76-66-42-52(72(7,8)9)41-64-67(66)73(61)62-44-59-60(45-63(62)75(64)54-36-32-51(33-37-54)71(4,5)6)69(48-23-14-11-15-24-48)77-68(59)47-21-12-10-13-22-47/h10-45H,1-9H3. The normalized spacial score (nSPS) is 13.1. The van der Waals surface area contributed by atoms with Crippen molar-refractivity contribution < 1.29 is 9.15 Å². The van der Waals surface area contributed by atoms with Crippen molar-refractivity contribution in [1.29, 1.82) is 0 Å². The number of furan rings is 1. The van der Waals surface area contributed by atoms with E-state index in [2.05, 4.69) is 291 Å². The summed E-state index contributed by atoms with van der Waals surface area (Å²) >= 11 is 0. The Hall–Kier alpha value is -8.54. The molecule has 0 fully saturated rings. The van der Waals surface area contributed by atoms with E-state index < -0.39 is 0 Å². The Morgan fingerprint density at radius 2 is 0.948 bits per heavy atom.